The minimum Gasteiger partial charge on any atom is -0.491 e. The van der Waals surface area contributed by atoms with Gasteiger partial charge >= 0.3 is 6.03 Å². The molecular formula is C16H19FN2O3S. The molecule has 0 fully saturated rings. The highest BCUT2D eigenvalue weighted by Crippen LogP contribution is 2.17. The van der Waals surface area contributed by atoms with Crippen LogP contribution in [-0.2, 0) is 0 Å². The van der Waals surface area contributed by atoms with E-state index >= 15 is 0 Å². The second kappa shape index (κ2) is 8.50. The van der Waals surface area contributed by atoms with Crippen molar-refractivity contribution in [3.8, 4) is 5.75 Å². The minimum absolute atomic E-state index is 0.129. The Bertz CT molecular complexity index is 622. The van der Waals surface area contributed by atoms with Crippen molar-refractivity contribution in [3.05, 3.63) is 52.5 Å². The number of aliphatic hydroxyl groups is 1. The van der Waals surface area contributed by atoms with Gasteiger partial charge in [-0.3, -0.25) is 0 Å². The topological polar surface area (TPSA) is 70.6 Å². The van der Waals surface area contributed by atoms with Crippen molar-refractivity contribution in [3.63, 3.8) is 0 Å². The van der Waals surface area contributed by atoms with E-state index in [1.807, 2.05) is 17.5 Å². The van der Waals surface area contributed by atoms with E-state index in [1.165, 1.54) is 23.5 Å². The average Bonchev–Trinajstić information content (AvgIpc) is 3.05. The highest BCUT2D eigenvalue weighted by Gasteiger charge is 2.12. The summed E-state index contributed by atoms with van der Waals surface area (Å²) >= 11 is 1.43. The van der Waals surface area contributed by atoms with Crippen molar-refractivity contribution in [1.29, 1.82) is 0 Å². The molecule has 5 nitrogen and oxygen atoms in total. The molecule has 0 aliphatic heterocycles. The van der Waals surface area contributed by atoms with Crippen LogP contribution in [0.5, 0.6) is 5.75 Å². The summed E-state index contributed by atoms with van der Waals surface area (Å²) in [5.74, 6) is 0.0376. The third-order valence-electron chi connectivity index (χ3n) is 3.00. The molecule has 0 saturated heterocycles. The fourth-order valence-corrected chi connectivity index (χ4v) is 2.58. The molecule has 23 heavy (non-hydrogen) atoms. The van der Waals surface area contributed by atoms with Crippen molar-refractivity contribution in [1.82, 2.24) is 10.6 Å². The number of aliphatic hydroxyl groups excluding tert-OH is 1. The van der Waals surface area contributed by atoms with E-state index < -0.39 is 12.1 Å². The molecule has 124 valence electrons. The van der Waals surface area contributed by atoms with Gasteiger partial charge in [0.25, 0.3) is 0 Å². The second-order valence-corrected chi connectivity index (χ2v) is 6.03. The zero-order chi connectivity index (χ0) is 16.7. The summed E-state index contributed by atoms with van der Waals surface area (Å²) < 4.78 is 18.4. The lowest BCUT2D eigenvalue weighted by molar-refractivity contribution is 0.174. The first-order valence-corrected chi connectivity index (χ1v) is 8.07. The highest BCUT2D eigenvalue weighted by atomic mass is 32.1. The summed E-state index contributed by atoms with van der Waals surface area (Å²) in [4.78, 5) is 12.5. The first-order valence-electron chi connectivity index (χ1n) is 7.19. The van der Waals surface area contributed by atoms with E-state index in [0.29, 0.717) is 5.75 Å². The Morgan fingerprint density at radius 3 is 2.91 bits per heavy atom. The molecule has 1 aromatic heterocycles. The third-order valence-corrected chi connectivity index (χ3v) is 3.97. The zero-order valence-electron chi connectivity index (χ0n) is 12.7. The molecule has 2 rings (SSSR count). The number of rotatable bonds is 7. The molecule has 0 aliphatic carbocycles. The summed E-state index contributed by atoms with van der Waals surface area (Å²) in [6, 6.07) is 8.81. The Kier molecular flexibility index (Phi) is 6.37. The van der Waals surface area contributed by atoms with Crippen LogP contribution in [0.2, 0.25) is 0 Å². The number of carbonyl (C=O) groups excluding carboxylic acids is 1. The molecule has 7 heteroatoms. The number of carbonyl (C=O) groups is 1. The van der Waals surface area contributed by atoms with Gasteiger partial charge in [0.05, 0.1) is 12.6 Å². The maximum atomic E-state index is 13.0. The number of hydrogen-bond donors (Lipinski definition) is 3. The van der Waals surface area contributed by atoms with E-state index in [2.05, 4.69) is 10.6 Å². The van der Waals surface area contributed by atoms with Crippen molar-refractivity contribution >= 4 is 17.4 Å². The molecule has 2 aromatic rings. The van der Waals surface area contributed by atoms with Crippen LogP contribution >= 0.6 is 11.3 Å². The molecule has 1 aromatic carbocycles. The summed E-state index contributed by atoms with van der Waals surface area (Å²) in [6.45, 7) is 2.11. The Labute approximate surface area is 138 Å². The van der Waals surface area contributed by atoms with Crippen molar-refractivity contribution in [2.45, 2.75) is 19.1 Å². The summed E-state index contributed by atoms with van der Waals surface area (Å²) in [5, 5.41) is 17.0. The predicted octanol–water partition coefficient (Wildman–Crippen LogP) is 2.69. The highest BCUT2D eigenvalue weighted by molar-refractivity contribution is 7.10. The molecular weight excluding hydrogens is 319 g/mol. The van der Waals surface area contributed by atoms with E-state index in [-0.39, 0.29) is 25.0 Å². The van der Waals surface area contributed by atoms with Gasteiger partial charge in [0, 0.05) is 10.9 Å². The third kappa shape index (κ3) is 5.88. The second-order valence-electron chi connectivity index (χ2n) is 5.06. The zero-order valence-corrected chi connectivity index (χ0v) is 13.5. The Balaban J connectivity index is 1.68. The number of amides is 2. The first kappa shape index (κ1) is 17.2. The quantitative estimate of drug-likeness (QED) is 0.727. The monoisotopic (exact) mass is 338 g/mol. The molecule has 0 spiro atoms. The van der Waals surface area contributed by atoms with Crippen LogP contribution in [-0.4, -0.2) is 30.3 Å². The minimum atomic E-state index is -0.723. The maximum Gasteiger partial charge on any atom is 0.315 e. The van der Waals surface area contributed by atoms with Crippen LogP contribution < -0.4 is 15.4 Å². The number of benzene rings is 1. The van der Waals surface area contributed by atoms with Crippen LogP contribution in [0.25, 0.3) is 0 Å². The number of halogens is 1. The number of nitrogens with one attached hydrogen (secondary N) is 2. The van der Waals surface area contributed by atoms with Gasteiger partial charge < -0.3 is 20.5 Å². The van der Waals surface area contributed by atoms with E-state index in [1.54, 1.807) is 19.1 Å². The van der Waals surface area contributed by atoms with E-state index in [4.69, 9.17) is 4.74 Å². The van der Waals surface area contributed by atoms with Crippen LogP contribution in [0.4, 0.5) is 9.18 Å². The van der Waals surface area contributed by atoms with Gasteiger partial charge in [0.1, 0.15) is 24.3 Å². The van der Waals surface area contributed by atoms with Gasteiger partial charge in [-0.05, 0) is 30.5 Å². The van der Waals surface area contributed by atoms with Crippen LogP contribution in [0.15, 0.2) is 41.8 Å². The number of urea groups is 1. The molecule has 0 bridgehead atoms. The number of ether oxygens (including phenoxy) is 1. The van der Waals surface area contributed by atoms with Crippen LogP contribution in [0.1, 0.15) is 17.9 Å². The number of hydrogen-bond acceptors (Lipinski definition) is 4. The Hall–Kier alpha value is -2.12. The normalized spacial score (nSPS) is 13.2. The van der Waals surface area contributed by atoms with Gasteiger partial charge in [0.2, 0.25) is 0 Å². The molecule has 0 saturated carbocycles. The summed E-state index contributed by atoms with van der Waals surface area (Å²) in [5.41, 5.74) is 0. The molecule has 2 atom stereocenters. The first-order chi connectivity index (χ1) is 11.0. The number of thiophene rings is 1. The lowest BCUT2D eigenvalue weighted by atomic mass is 10.3. The smallest absolute Gasteiger partial charge is 0.315 e. The van der Waals surface area contributed by atoms with E-state index in [9.17, 15) is 14.3 Å². The van der Waals surface area contributed by atoms with E-state index in [0.717, 1.165) is 4.88 Å². The molecule has 0 radical (unpaired) electrons. The lowest BCUT2D eigenvalue weighted by Gasteiger charge is -2.16. The standard InChI is InChI=1S/C16H19FN2O3S/c1-11(10-22-13-5-2-4-12(17)8-13)19-16(21)18-9-14(20)15-6-3-7-23-15/h2-8,11,14,20H,9-10H2,1H3,(H2,18,19,21). The molecule has 1 heterocycles. The summed E-state index contributed by atoms with van der Waals surface area (Å²) in [6.07, 6.45) is -0.723. The van der Waals surface area contributed by atoms with Crippen molar-refractivity contribution < 1.29 is 19.0 Å². The Morgan fingerprint density at radius 1 is 1.39 bits per heavy atom. The van der Waals surface area contributed by atoms with Gasteiger partial charge in [-0.1, -0.05) is 12.1 Å². The fourth-order valence-electron chi connectivity index (χ4n) is 1.87. The lowest BCUT2D eigenvalue weighted by Crippen LogP contribution is -2.44. The van der Waals surface area contributed by atoms with Gasteiger partial charge in [-0.25, -0.2) is 9.18 Å². The Morgan fingerprint density at radius 2 is 2.22 bits per heavy atom. The van der Waals surface area contributed by atoms with Crippen LogP contribution in [0, 0.1) is 5.82 Å². The largest absolute Gasteiger partial charge is 0.491 e. The maximum absolute atomic E-state index is 13.0. The molecule has 2 amide bonds. The summed E-state index contributed by atoms with van der Waals surface area (Å²) in [7, 11) is 0. The SMILES string of the molecule is CC(COc1cccc(F)c1)NC(=O)NCC(O)c1cccs1. The van der Waals surface area contributed by atoms with Crippen LogP contribution in [0.3, 0.4) is 0 Å². The predicted molar refractivity (Wildman–Crippen MR) is 87.2 cm³/mol. The van der Waals surface area contributed by atoms with Crippen molar-refractivity contribution in [2.75, 3.05) is 13.2 Å². The average molecular weight is 338 g/mol. The van der Waals surface area contributed by atoms with Gasteiger partial charge in [0.15, 0.2) is 0 Å². The molecule has 0 aliphatic rings. The fraction of sp³-hybridized carbons (Fsp3) is 0.312. The molecule has 2 unspecified atom stereocenters. The van der Waals surface area contributed by atoms with Crippen molar-refractivity contribution in [2.24, 2.45) is 0 Å². The van der Waals surface area contributed by atoms with Gasteiger partial charge in [-0.15, -0.1) is 11.3 Å². The van der Waals surface area contributed by atoms with Gasteiger partial charge in [-0.2, -0.15) is 0 Å². The molecule has 3 N–H and O–H groups in total.